The zero-order chi connectivity index (χ0) is 11.6. The summed E-state index contributed by atoms with van der Waals surface area (Å²) in [5, 5.41) is 0. The second-order valence-electron chi connectivity index (χ2n) is 3.22. The molecule has 15 heavy (non-hydrogen) atoms. The minimum absolute atomic E-state index is 0.359. The van der Waals surface area contributed by atoms with E-state index >= 15 is 0 Å². The van der Waals surface area contributed by atoms with E-state index in [4.69, 9.17) is 0 Å². The quantitative estimate of drug-likeness (QED) is 0.472. The molecule has 0 aromatic rings. The van der Waals surface area contributed by atoms with Crippen molar-refractivity contribution in [2.24, 2.45) is 0 Å². The van der Waals surface area contributed by atoms with E-state index in [0.29, 0.717) is 6.42 Å². The summed E-state index contributed by atoms with van der Waals surface area (Å²) in [6.45, 7) is 2.14. The summed E-state index contributed by atoms with van der Waals surface area (Å²) in [5.74, 6) is 5.71. The summed E-state index contributed by atoms with van der Waals surface area (Å²) in [6.07, 6.45) is 0.0496. The number of thioether (sulfide) groups is 1. The normalized spacial score (nSPS) is 10.9. The number of hydrogen-bond acceptors (Lipinski definition) is 1. The van der Waals surface area contributed by atoms with Crippen molar-refractivity contribution in [1.82, 2.24) is 0 Å². The van der Waals surface area contributed by atoms with Crippen molar-refractivity contribution in [3.05, 3.63) is 0 Å². The second kappa shape index (κ2) is 8.96. The van der Waals surface area contributed by atoms with Crippen LogP contribution in [0.5, 0.6) is 0 Å². The van der Waals surface area contributed by atoms with Crippen LogP contribution in [0.15, 0.2) is 0 Å². The Morgan fingerprint density at radius 1 is 1.07 bits per heavy atom. The van der Waals surface area contributed by atoms with Gasteiger partial charge in [-0.1, -0.05) is 19.3 Å². The van der Waals surface area contributed by atoms with Crippen molar-refractivity contribution < 1.29 is 13.2 Å². The molecule has 0 atom stereocenters. The molecule has 0 unspecified atom stereocenters. The zero-order valence-electron chi connectivity index (χ0n) is 8.99. The molecule has 0 aliphatic carbocycles. The van der Waals surface area contributed by atoms with Crippen molar-refractivity contribution in [3.8, 4) is 11.8 Å². The fraction of sp³-hybridized carbons (Fsp3) is 0.818. The maximum atomic E-state index is 11.6. The SMILES string of the molecule is CCCSCCCCCC#CC(F)(F)F. The lowest BCUT2D eigenvalue weighted by Gasteiger charge is -1.98. The minimum Gasteiger partial charge on any atom is -0.162 e. The molecular formula is C11H17F3S. The first kappa shape index (κ1) is 14.7. The molecule has 0 radical (unpaired) electrons. The van der Waals surface area contributed by atoms with Gasteiger partial charge < -0.3 is 0 Å². The Morgan fingerprint density at radius 2 is 1.80 bits per heavy atom. The lowest BCUT2D eigenvalue weighted by Crippen LogP contribution is -2.01. The Bertz CT molecular complexity index is 200. The van der Waals surface area contributed by atoms with Gasteiger partial charge in [-0.3, -0.25) is 0 Å². The van der Waals surface area contributed by atoms with Crippen LogP contribution in [0, 0.1) is 11.8 Å². The molecule has 0 bridgehead atoms. The number of hydrogen-bond donors (Lipinski definition) is 0. The Labute approximate surface area is 94.0 Å². The summed E-state index contributed by atoms with van der Waals surface area (Å²) >= 11 is 1.91. The van der Waals surface area contributed by atoms with Crippen LogP contribution in [0.1, 0.15) is 39.0 Å². The Kier molecular flexibility index (Phi) is 8.79. The second-order valence-corrected chi connectivity index (χ2v) is 4.45. The molecule has 0 rings (SSSR count). The lowest BCUT2D eigenvalue weighted by molar-refractivity contribution is -0.0697. The third-order valence-corrected chi connectivity index (χ3v) is 2.94. The van der Waals surface area contributed by atoms with Crippen LogP contribution < -0.4 is 0 Å². The van der Waals surface area contributed by atoms with E-state index in [2.05, 4.69) is 12.8 Å². The molecule has 0 aromatic carbocycles. The first-order valence-corrected chi connectivity index (χ1v) is 6.36. The minimum atomic E-state index is -4.32. The molecule has 0 fully saturated rings. The topological polar surface area (TPSA) is 0 Å². The van der Waals surface area contributed by atoms with Gasteiger partial charge in [0.05, 0.1) is 0 Å². The maximum Gasteiger partial charge on any atom is 0.457 e. The number of unbranched alkanes of at least 4 members (excludes halogenated alkanes) is 3. The molecule has 0 saturated heterocycles. The average Bonchev–Trinajstić information content (AvgIpc) is 2.14. The predicted molar refractivity (Wildman–Crippen MR) is 59.9 cm³/mol. The molecule has 0 heterocycles. The van der Waals surface area contributed by atoms with Crippen molar-refractivity contribution in [2.75, 3.05) is 11.5 Å². The highest BCUT2D eigenvalue weighted by atomic mass is 32.2. The van der Waals surface area contributed by atoms with Crippen LogP contribution in [-0.2, 0) is 0 Å². The van der Waals surface area contributed by atoms with Crippen molar-refractivity contribution in [3.63, 3.8) is 0 Å². The molecule has 4 heteroatoms. The van der Waals surface area contributed by atoms with E-state index in [-0.39, 0.29) is 0 Å². The highest BCUT2D eigenvalue weighted by molar-refractivity contribution is 7.99. The van der Waals surface area contributed by atoms with Gasteiger partial charge in [0.15, 0.2) is 0 Å². The Hall–Kier alpha value is -0.300. The molecule has 0 aliphatic rings. The van der Waals surface area contributed by atoms with Crippen LogP contribution in [0.4, 0.5) is 13.2 Å². The van der Waals surface area contributed by atoms with E-state index in [9.17, 15) is 13.2 Å². The fourth-order valence-corrected chi connectivity index (χ4v) is 1.90. The number of alkyl halides is 3. The van der Waals surface area contributed by atoms with Crippen LogP contribution in [0.3, 0.4) is 0 Å². The standard InChI is InChI=1S/C11H17F3S/c1-2-9-15-10-7-5-3-4-6-8-11(12,13)14/h2-5,7,9-10H2,1H3. The third-order valence-electron chi connectivity index (χ3n) is 1.67. The molecule has 0 amide bonds. The smallest absolute Gasteiger partial charge is 0.162 e. The van der Waals surface area contributed by atoms with Gasteiger partial charge in [0.25, 0.3) is 0 Å². The largest absolute Gasteiger partial charge is 0.457 e. The lowest BCUT2D eigenvalue weighted by atomic mass is 10.2. The molecule has 88 valence electrons. The zero-order valence-corrected chi connectivity index (χ0v) is 9.81. The number of halogens is 3. The highest BCUT2D eigenvalue weighted by Crippen LogP contribution is 2.12. The van der Waals surface area contributed by atoms with Gasteiger partial charge in [-0.15, -0.1) is 0 Å². The van der Waals surface area contributed by atoms with Gasteiger partial charge in [0.2, 0.25) is 0 Å². The summed E-state index contributed by atoms with van der Waals surface area (Å²) in [4.78, 5) is 0. The van der Waals surface area contributed by atoms with Crippen LogP contribution in [0.25, 0.3) is 0 Å². The fourth-order valence-electron chi connectivity index (χ4n) is 1.00. The molecule has 0 nitrogen and oxygen atoms in total. The van der Waals surface area contributed by atoms with Gasteiger partial charge in [-0.2, -0.15) is 24.9 Å². The molecule has 0 aliphatic heterocycles. The molecule has 0 aromatic heterocycles. The van der Waals surface area contributed by atoms with Crippen molar-refractivity contribution >= 4 is 11.8 Å². The molecular weight excluding hydrogens is 221 g/mol. The van der Waals surface area contributed by atoms with E-state index in [1.54, 1.807) is 0 Å². The summed E-state index contributed by atoms with van der Waals surface area (Å²) < 4.78 is 34.8. The van der Waals surface area contributed by atoms with Gasteiger partial charge >= 0.3 is 6.18 Å². The first-order chi connectivity index (χ1) is 7.06. The number of rotatable bonds is 7. The van der Waals surface area contributed by atoms with Gasteiger partial charge in [-0.25, -0.2) is 0 Å². The van der Waals surface area contributed by atoms with Gasteiger partial charge in [0.1, 0.15) is 0 Å². The molecule has 0 saturated carbocycles. The predicted octanol–water partition coefficient (Wildman–Crippen LogP) is 4.26. The van der Waals surface area contributed by atoms with Gasteiger partial charge in [0, 0.05) is 12.3 Å². The Morgan fingerprint density at radius 3 is 2.40 bits per heavy atom. The molecule has 0 N–H and O–H groups in total. The van der Waals surface area contributed by atoms with E-state index in [1.807, 2.05) is 11.8 Å². The van der Waals surface area contributed by atoms with Crippen molar-refractivity contribution in [2.45, 2.75) is 45.2 Å². The van der Waals surface area contributed by atoms with E-state index < -0.39 is 6.18 Å². The van der Waals surface area contributed by atoms with Crippen molar-refractivity contribution in [1.29, 1.82) is 0 Å². The van der Waals surface area contributed by atoms with Crippen LogP contribution in [0.2, 0.25) is 0 Å². The molecule has 0 spiro atoms. The highest BCUT2D eigenvalue weighted by Gasteiger charge is 2.22. The summed E-state index contributed by atoms with van der Waals surface area (Å²) in [6, 6.07) is 0. The average molecular weight is 238 g/mol. The van der Waals surface area contributed by atoms with E-state index in [0.717, 1.165) is 25.0 Å². The van der Waals surface area contributed by atoms with Crippen LogP contribution >= 0.6 is 11.8 Å². The van der Waals surface area contributed by atoms with E-state index in [1.165, 1.54) is 18.1 Å². The Balaban J connectivity index is 3.21. The van der Waals surface area contributed by atoms with Gasteiger partial charge in [-0.05, 0) is 30.8 Å². The summed E-state index contributed by atoms with van der Waals surface area (Å²) in [5.41, 5.74) is 0. The third kappa shape index (κ3) is 13.7. The first-order valence-electron chi connectivity index (χ1n) is 5.20. The van der Waals surface area contributed by atoms with Crippen LogP contribution in [-0.4, -0.2) is 17.7 Å². The monoisotopic (exact) mass is 238 g/mol. The summed E-state index contributed by atoms with van der Waals surface area (Å²) in [7, 11) is 0. The maximum absolute atomic E-state index is 11.6.